The lowest BCUT2D eigenvalue weighted by molar-refractivity contribution is -0.131. The molecule has 3 rings (SSSR count). The van der Waals surface area contributed by atoms with Crippen LogP contribution in [-0.4, -0.2) is 83.3 Å². The minimum absolute atomic E-state index is 0.00296. The zero-order valence-electron chi connectivity index (χ0n) is 17.4. The quantitative estimate of drug-likeness (QED) is 0.371. The molecule has 1 aromatic rings. The fourth-order valence-corrected chi connectivity index (χ4v) is 4.38. The van der Waals surface area contributed by atoms with Crippen molar-refractivity contribution in [3.05, 3.63) is 23.5 Å². The van der Waals surface area contributed by atoms with Crippen molar-refractivity contribution in [1.29, 1.82) is 0 Å². The Bertz CT molecular complexity index is 1150. The van der Waals surface area contributed by atoms with Gasteiger partial charge in [-0.25, -0.2) is 23.1 Å². The summed E-state index contributed by atoms with van der Waals surface area (Å²) in [5.74, 6) is 9.35. The Kier molecular flexibility index (Phi) is 5.89. The second kappa shape index (κ2) is 8.00. The Morgan fingerprint density at radius 1 is 1.39 bits per heavy atom. The first-order valence-corrected chi connectivity index (χ1v) is 11.3. The highest BCUT2D eigenvalue weighted by atomic mass is 32.2. The number of carbonyl (C=O) groups excluding carboxylic acids is 2. The number of halogens is 1. The van der Waals surface area contributed by atoms with Crippen molar-refractivity contribution in [2.24, 2.45) is 0 Å². The smallest absolute Gasteiger partial charge is 0.318 e. The first-order chi connectivity index (χ1) is 14.4. The molecule has 0 unspecified atom stereocenters. The first kappa shape index (κ1) is 22.8. The molecule has 2 amide bonds. The van der Waals surface area contributed by atoms with E-state index >= 15 is 0 Å². The van der Waals surface area contributed by atoms with Crippen molar-refractivity contribution >= 4 is 21.8 Å². The van der Waals surface area contributed by atoms with Gasteiger partial charge in [0, 0.05) is 43.3 Å². The van der Waals surface area contributed by atoms with Gasteiger partial charge in [-0.1, -0.05) is 5.92 Å². The highest BCUT2D eigenvalue weighted by Gasteiger charge is 2.44. The molecule has 9 nitrogen and oxygen atoms in total. The number of hydrogen-bond acceptors (Lipinski definition) is 6. The molecular weight excluding hydrogens is 427 g/mol. The van der Waals surface area contributed by atoms with Crippen LogP contribution in [0.1, 0.15) is 24.6 Å². The van der Waals surface area contributed by atoms with E-state index in [9.17, 15) is 22.4 Å². The van der Waals surface area contributed by atoms with Crippen LogP contribution in [0, 0.1) is 23.7 Å². The molecule has 0 saturated carbocycles. The van der Waals surface area contributed by atoms with Crippen LogP contribution >= 0.6 is 0 Å². The molecule has 31 heavy (non-hydrogen) atoms. The fourth-order valence-electron chi connectivity index (χ4n) is 3.54. The number of amides is 2. The lowest BCUT2D eigenvalue weighted by Gasteiger charge is -2.38. The van der Waals surface area contributed by atoms with Gasteiger partial charge in [0.2, 0.25) is 0 Å². The minimum atomic E-state index is -3.85. The predicted octanol–water partition coefficient (Wildman–Crippen LogP) is -0.0208. The number of carbonyl (C=O) groups is 2. The summed E-state index contributed by atoms with van der Waals surface area (Å²) in [6, 6.07) is 1.32. The monoisotopic (exact) mass is 450 g/mol. The van der Waals surface area contributed by atoms with Gasteiger partial charge >= 0.3 is 6.03 Å². The zero-order valence-corrected chi connectivity index (χ0v) is 18.2. The van der Waals surface area contributed by atoms with E-state index in [4.69, 9.17) is 5.21 Å². The molecule has 2 aliphatic heterocycles. The van der Waals surface area contributed by atoms with E-state index in [1.54, 1.807) is 13.1 Å². The molecule has 2 N–H and O–H groups in total. The summed E-state index contributed by atoms with van der Waals surface area (Å²) >= 11 is 0. The van der Waals surface area contributed by atoms with Gasteiger partial charge in [-0.15, -0.1) is 0 Å². The Morgan fingerprint density at radius 2 is 2.06 bits per heavy atom. The largest absolute Gasteiger partial charge is 0.328 e. The van der Waals surface area contributed by atoms with E-state index in [1.807, 2.05) is 4.90 Å². The van der Waals surface area contributed by atoms with E-state index in [0.29, 0.717) is 11.3 Å². The number of hydrogen-bond donors (Lipinski definition) is 2. The summed E-state index contributed by atoms with van der Waals surface area (Å²) in [5, 5.41) is 8.89. The number of nitrogens with zero attached hydrogens (tertiary/aromatic N) is 3. The van der Waals surface area contributed by atoms with E-state index in [1.165, 1.54) is 28.1 Å². The van der Waals surface area contributed by atoms with E-state index in [-0.39, 0.29) is 38.6 Å². The molecule has 0 radical (unpaired) electrons. The third-order valence-corrected chi connectivity index (χ3v) is 7.61. The molecule has 1 fully saturated rings. The Balaban J connectivity index is 1.65. The van der Waals surface area contributed by atoms with Crippen LogP contribution in [0.5, 0.6) is 0 Å². The van der Waals surface area contributed by atoms with Gasteiger partial charge in [0.1, 0.15) is 0 Å². The summed E-state index contributed by atoms with van der Waals surface area (Å²) in [6.07, 6.45) is 2.25. The maximum atomic E-state index is 14.0. The molecule has 11 heteroatoms. The van der Waals surface area contributed by atoms with Gasteiger partial charge in [0.25, 0.3) is 5.91 Å². The second-order valence-electron chi connectivity index (χ2n) is 8.13. The number of alkyl halides is 1. The van der Waals surface area contributed by atoms with Gasteiger partial charge in [0.05, 0.1) is 6.54 Å². The number of sulfone groups is 1. The molecule has 0 bridgehead atoms. The lowest BCUT2D eigenvalue weighted by Crippen LogP contribution is -2.56. The third kappa shape index (κ3) is 4.44. The maximum Gasteiger partial charge on any atom is 0.328 e. The number of fused-ring (bicyclic) bond motifs is 1. The van der Waals surface area contributed by atoms with Crippen LogP contribution in [0.4, 0.5) is 9.18 Å². The van der Waals surface area contributed by atoms with E-state index < -0.39 is 26.2 Å². The van der Waals surface area contributed by atoms with Crippen molar-refractivity contribution in [3.8, 4) is 23.7 Å². The van der Waals surface area contributed by atoms with Crippen molar-refractivity contribution in [2.45, 2.75) is 30.3 Å². The van der Waals surface area contributed by atoms with Gasteiger partial charge in [0.15, 0.2) is 20.3 Å². The van der Waals surface area contributed by atoms with Crippen molar-refractivity contribution in [2.75, 3.05) is 32.9 Å². The van der Waals surface area contributed by atoms with Crippen molar-refractivity contribution in [3.63, 3.8) is 0 Å². The molecule has 0 aliphatic carbocycles. The van der Waals surface area contributed by atoms with Crippen LogP contribution < -0.4 is 5.48 Å². The molecule has 1 aromatic heterocycles. The normalized spacial score (nSPS) is 19.3. The molecule has 1 saturated heterocycles. The summed E-state index contributed by atoms with van der Waals surface area (Å²) < 4.78 is 37.6. The maximum absolute atomic E-state index is 14.0. The molecule has 1 atom stereocenters. The average molecular weight is 450 g/mol. The van der Waals surface area contributed by atoms with Crippen LogP contribution in [0.2, 0.25) is 0 Å². The zero-order chi connectivity index (χ0) is 23.0. The summed E-state index contributed by atoms with van der Waals surface area (Å²) in [6.45, 7) is 1.92. The topological polar surface area (TPSA) is 112 Å². The van der Waals surface area contributed by atoms with E-state index in [2.05, 4.69) is 23.7 Å². The highest BCUT2D eigenvalue weighted by Crippen LogP contribution is 2.25. The molecular formula is C20H23FN4O5S. The minimum Gasteiger partial charge on any atom is -0.318 e. The predicted molar refractivity (Wildman–Crippen MR) is 109 cm³/mol. The van der Waals surface area contributed by atoms with Crippen LogP contribution in [0.15, 0.2) is 12.3 Å². The lowest BCUT2D eigenvalue weighted by atomic mass is 9.98. The molecule has 3 heterocycles. The van der Waals surface area contributed by atoms with Gasteiger partial charge in [-0.05, 0) is 44.2 Å². The first-order valence-electron chi connectivity index (χ1n) is 9.44. The summed E-state index contributed by atoms with van der Waals surface area (Å²) in [7, 11) is -2.04. The molecule has 2 aliphatic rings. The second-order valence-corrected chi connectivity index (χ2v) is 10.6. The molecule has 0 spiro atoms. The number of hydroxylamine groups is 1. The molecule has 0 aromatic carbocycles. The molecule has 166 valence electrons. The summed E-state index contributed by atoms with van der Waals surface area (Å²) in [5.41, 5.74) is 1.07. The standard InChI is InChI=1S/C20H23FN4O5S/c1-19(17(26)22-28,31(3,29)30)8-9-24-12-16-10-15(11-25(16)18(24)27)6-4-5-7-20(21)13-23(2)14-20/h10-11,28H,8-9,12-14H2,1-3H3,(H,22,26)/t19-/m1/s1. The third-order valence-electron chi connectivity index (χ3n) is 5.59. The number of nitrogens with one attached hydrogen (secondary N) is 1. The Hall–Kier alpha value is -2.86. The van der Waals surface area contributed by atoms with Gasteiger partial charge in [-0.3, -0.25) is 19.5 Å². The Labute approximate surface area is 180 Å². The number of likely N-dealkylation sites (tertiary alicyclic amines) is 1. The summed E-state index contributed by atoms with van der Waals surface area (Å²) in [4.78, 5) is 27.7. The van der Waals surface area contributed by atoms with Gasteiger partial charge < -0.3 is 4.90 Å². The van der Waals surface area contributed by atoms with Crippen molar-refractivity contribution in [1.82, 2.24) is 19.8 Å². The van der Waals surface area contributed by atoms with Crippen LogP contribution in [0.25, 0.3) is 0 Å². The number of rotatable bonds is 5. The average Bonchev–Trinajstić information content (AvgIpc) is 3.19. The van der Waals surface area contributed by atoms with Crippen LogP contribution in [0.3, 0.4) is 0 Å². The SMILES string of the molecule is CN1CC(F)(C#CC#Cc2cc3n(c2)C(=O)N(CC[C@](C)(C(=O)NO)S(C)(=O)=O)C3)C1. The van der Waals surface area contributed by atoms with Crippen molar-refractivity contribution < 1.29 is 27.6 Å². The highest BCUT2D eigenvalue weighted by molar-refractivity contribution is 7.92. The fraction of sp³-hybridized carbons (Fsp3) is 0.500. The number of aromatic nitrogens is 1. The Morgan fingerprint density at radius 3 is 2.61 bits per heavy atom. The van der Waals surface area contributed by atoms with Gasteiger partial charge in [-0.2, -0.15) is 0 Å². The van der Waals surface area contributed by atoms with Crippen LogP contribution in [-0.2, 0) is 21.2 Å². The van der Waals surface area contributed by atoms with E-state index in [0.717, 1.165) is 6.26 Å².